The summed E-state index contributed by atoms with van der Waals surface area (Å²) in [6, 6.07) is 12.6. The predicted octanol–water partition coefficient (Wildman–Crippen LogP) is 2.73. The first-order chi connectivity index (χ1) is 17.0. The number of amides is 2. The molecule has 36 heavy (non-hydrogen) atoms. The van der Waals surface area contributed by atoms with Gasteiger partial charge in [-0.15, -0.1) is 0 Å². The Bertz CT molecular complexity index is 1160. The fraction of sp³-hybridized carbons (Fsp3) is 0.448. The molecule has 0 bridgehead atoms. The highest BCUT2D eigenvalue weighted by molar-refractivity contribution is 6.01. The molecule has 2 fully saturated rings. The number of hydrogen-bond acceptors (Lipinski definition) is 5. The largest absolute Gasteiger partial charge is 0.340 e. The molecule has 0 aliphatic carbocycles. The minimum atomic E-state index is -0.920. The third-order valence-electron chi connectivity index (χ3n) is 7.26. The molecule has 0 aromatic heterocycles. The number of fused-ring (bicyclic) bond motifs is 1. The summed E-state index contributed by atoms with van der Waals surface area (Å²) in [6.45, 7) is 9.92. The maximum absolute atomic E-state index is 14.0. The Morgan fingerprint density at radius 3 is 2.28 bits per heavy atom. The Morgan fingerprint density at radius 2 is 1.69 bits per heavy atom. The van der Waals surface area contributed by atoms with Gasteiger partial charge >= 0.3 is 0 Å². The fourth-order valence-electron chi connectivity index (χ4n) is 5.14. The van der Waals surface area contributed by atoms with E-state index in [1.807, 2.05) is 43.3 Å². The lowest BCUT2D eigenvalue weighted by Crippen LogP contribution is -2.56. The first-order valence-corrected chi connectivity index (χ1v) is 12.5. The molecule has 4 atom stereocenters. The number of nitrogens with one attached hydrogen (secondary N) is 2. The molecule has 2 N–H and O–H groups in total. The summed E-state index contributed by atoms with van der Waals surface area (Å²) in [5, 5.41) is 6.05. The molecule has 190 valence electrons. The average Bonchev–Trinajstić information content (AvgIpc) is 3.39. The van der Waals surface area contributed by atoms with Crippen molar-refractivity contribution in [2.75, 3.05) is 6.54 Å². The summed E-state index contributed by atoms with van der Waals surface area (Å²) in [4.78, 5) is 53.8. The number of benzene rings is 2. The summed E-state index contributed by atoms with van der Waals surface area (Å²) in [6.07, 6.45) is 0.655. The zero-order valence-electron chi connectivity index (χ0n) is 21.6. The van der Waals surface area contributed by atoms with Gasteiger partial charge in [-0.2, -0.15) is 0 Å². The number of nitrogens with zero attached hydrogens (tertiary/aromatic N) is 1. The van der Waals surface area contributed by atoms with Gasteiger partial charge in [-0.05, 0) is 48.9 Å². The molecule has 2 saturated heterocycles. The molecule has 2 aliphatic heterocycles. The van der Waals surface area contributed by atoms with Crippen molar-refractivity contribution in [1.29, 1.82) is 0 Å². The van der Waals surface area contributed by atoms with E-state index in [2.05, 4.69) is 31.4 Å². The van der Waals surface area contributed by atoms with E-state index in [-0.39, 0.29) is 41.9 Å². The summed E-state index contributed by atoms with van der Waals surface area (Å²) in [5.74, 6) is -1.03. The molecule has 3 unspecified atom stereocenters. The predicted molar refractivity (Wildman–Crippen MR) is 138 cm³/mol. The van der Waals surface area contributed by atoms with Crippen LogP contribution in [0.3, 0.4) is 0 Å². The van der Waals surface area contributed by atoms with E-state index in [4.69, 9.17) is 0 Å². The number of ketones is 2. The number of likely N-dealkylation sites (tertiary alicyclic amines) is 1. The van der Waals surface area contributed by atoms with Crippen molar-refractivity contribution in [2.45, 2.75) is 77.0 Å². The molecule has 4 rings (SSSR count). The molecule has 2 heterocycles. The van der Waals surface area contributed by atoms with Crippen LogP contribution >= 0.6 is 0 Å². The smallest absolute Gasteiger partial charge is 0.251 e. The highest BCUT2D eigenvalue weighted by atomic mass is 16.2. The van der Waals surface area contributed by atoms with E-state index in [1.54, 1.807) is 12.1 Å². The van der Waals surface area contributed by atoms with Crippen LogP contribution in [-0.4, -0.2) is 59.0 Å². The van der Waals surface area contributed by atoms with E-state index < -0.39 is 24.0 Å². The van der Waals surface area contributed by atoms with Gasteiger partial charge in [0.1, 0.15) is 12.1 Å². The van der Waals surface area contributed by atoms with Crippen LogP contribution < -0.4 is 10.6 Å². The molecule has 2 amide bonds. The lowest BCUT2D eigenvalue weighted by atomic mass is 9.86. The van der Waals surface area contributed by atoms with Crippen molar-refractivity contribution >= 4 is 23.4 Å². The lowest BCUT2D eigenvalue weighted by Gasteiger charge is -2.31. The molecular formula is C29H35N3O4. The third kappa shape index (κ3) is 5.26. The zero-order valence-corrected chi connectivity index (χ0v) is 21.6. The minimum Gasteiger partial charge on any atom is -0.340 e. The first kappa shape index (κ1) is 25.8. The van der Waals surface area contributed by atoms with E-state index in [0.717, 1.165) is 16.7 Å². The van der Waals surface area contributed by atoms with Crippen molar-refractivity contribution in [3.8, 4) is 0 Å². The number of carbonyl (C=O) groups excluding carboxylic acids is 4. The normalized spacial score (nSPS) is 22.3. The first-order valence-electron chi connectivity index (χ1n) is 12.5. The van der Waals surface area contributed by atoms with Crippen molar-refractivity contribution in [3.05, 3.63) is 70.8 Å². The second-order valence-corrected chi connectivity index (χ2v) is 11.0. The molecule has 2 aromatic rings. The Labute approximate surface area is 212 Å². The summed E-state index contributed by atoms with van der Waals surface area (Å²) in [5.41, 5.74) is 3.48. The molecule has 0 saturated carbocycles. The molecule has 0 radical (unpaired) electrons. The van der Waals surface area contributed by atoms with E-state index in [9.17, 15) is 19.2 Å². The van der Waals surface area contributed by atoms with Crippen molar-refractivity contribution in [2.24, 2.45) is 0 Å². The van der Waals surface area contributed by atoms with Gasteiger partial charge in [0.15, 0.2) is 11.6 Å². The van der Waals surface area contributed by atoms with Crippen LogP contribution in [0, 0.1) is 6.92 Å². The van der Waals surface area contributed by atoms with Gasteiger partial charge in [0.05, 0.1) is 12.6 Å². The Kier molecular flexibility index (Phi) is 7.14. The highest BCUT2D eigenvalue weighted by Gasteiger charge is 2.52. The minimum absolute atomic E-state index is 0.0468. The quantitative estimate of drug-likeness (QED) is 0.651. The van der Waals surface area contributed by atoms with Gasteiger partial charge in [0, 0.05) is 18.0 Å². The second kappa shape index (κ2) is 9.97. The molecule has 0 spiro atoms. The van der Waals surface area contributed by atoms with Crippen LogP contribution in [0.4, 0.5) is 0 Å². The molecule has 7 nitrogen and oxygen atoms in total. The summed E-state index contributed by atoms with van der Waals surface area (Å²) < 4.78 is 0. The van der Waals surface area contributed by atoms with Crippen LogP contribution in [0.15, 0.2) is 48.5 Å². The zero-order chi connectivity index (χ0) is 26.2. The van der Waals surface area contributed by atoms with Gasteiger partial charge in [0.2, 0.25) is 5.91 Å². The Morgan fingerprint density at radius 1 is 1.06 bits per heavy atom. The van der Waals surface area contributed by atoms with E-state index >= 15 is 0 Å². The number of hydrogen-bond donors (Lipinski definition) is 2. The topological polar surface area (TPSA) is 95.6 Å². The monoisotopic (exact) mass is 489 g/mol. The SMILES string of the molecule is CC(=O)C1CC2NCC(=O)C2N1C(=O)[C@H](Cc1ccc(C)cc1)NC(=O)c1ccc(C(C)(C)C)cc1. The maximum atomic E-state index is 14.0. The van der Waals surface area contributed by atoms with Crippen LogP contribution in [0.1, 0.15) is 61.2 Å². The van der Waals surface area contributed by atoms with Crippen LogP contribution in [0.25, 0.3) is 0 Å². The van der Waals surface area contributed by atoms with Crippen LogP contribution in [-0.2, 0) is 26.2 Å². The molecule has 7 heteroatoms. The Hall–Kier alpha value is -3.32. The molecule has 2 aliphatic rings. The summed E-state index contributed by atoms with van der Waals surface area (Å²) in [7, 11) is 0. The summed E-state index contributed by atoms with van der Waals surface area (Å²) >= 11 is 0. The average molecular weight is 490 g/mol. The van der Waals surface area contributed by atoms with Crippen LogP contribution in [0.2, 0.25) is 0 Å². The van der Waals surface area contributed by atoms with Gasteiger partial charge in [-0.1, -0.05) is 62.7 Å². The number of carbonyl (C=O) groups is 4. The maximum Gasteiger partial charge on any atom is 0.251 e. The lowest BCUT2D eigenvalue weighted by molar-refractivity contribution is -0.143. The Balaban J connectivity index is 1.63. The standard InChI is InChI=1S/C29H35N3O4/c1-17-6-8-19(9-7-17)14-23(31-27(35)20-10-12-21(13-11-20)29(3,4)5)28(36)32-24(18(2)33)15-22-26(32)25(34)16-30-22/h6-13,22-24,26,30H,14-16H2,1-5H3,(H,31,35)/t22?,23-,24?,26?/m0/s1. The van der Waals surface area contributed by atoms with E-state index in [0.29, 0.717) is 12.0 Å². The van der Waals surface area contributed by atoms with Crippen molar-refractivity contribution < 1.29 is 19.2 Å². The van der Waals surface area contributed by atoms with Crippen LogP contribution in [0.5, 0.6) is 0 Å². The van der Waals surface area contributed by atoms with Gasteiger partial charge in [0.25, 0.3) is 5.91 Å². The van der Waals surface area contributed by atoms with Crippen molar-refractivity contribution in [3.63, 3.8) is 0 Å². The van der Waals surface area contributed by atoms with E-state index in [1.165, 1.54) is 11.8 Å². The van der Waals surface area contributed by atoms with Gasteiger partial charge in [-0.25, -0.2) is 0 Å². The molecule has 2 aromatic carbocycles. The number of rotatable bonds is 6. The number of Topliss-reactive ketones (excluding diaryl/α,β-unsaturated/α-hetero) is 2. The fourth-order valence-corrected chi connectivity index (χ4v) is 5.14. The van der Waals surface area contributed by atoms with Gasteiger partial charge < -0.3 is 15.5 Å². The van der Waals surface area contributed by atoms with Crippen molar-refractivity contribution in [1.82, 2.24) is 15.5 Å². The van der Waals surface area contributed by atoms with Gasteiger partial charge in [-0.3, -0.25) is 19.2 Å². The second-order valence-electron chi connectivity index (χ2n) is 11.0. The third-order valence-corrected chi connectivity index (χ3v) is 7.26. The molecular weight excluding hydrogens is 454 g/mol. The number of aryl methyl sites for hydroxylation is 1. The highest BCUT2D eigenvalue weighted by Crippen LogP contribution is 2.30.